The van der Waals surface area contributed by atoms with Crippen LogP contribution in [0.4, 0.5) is 0 Å². The highest BCUT2D eigenvalue weighted by Crippen LogP contribution is 2.39. The van der Waals surface area contributed by atoms with E-state index in [0.29, 0.717) is 12.3 Å². The molecule has 2 aliphatic rings. The van der Waals surface area contributed by atoms with Crippen molar-refractivity contribution in [1.29, 1.82) is 0 Å². The Morgan fingerprint density at radius 1 is 1.36 bits per heavy atom. The van der Waals surface area contributed by atoms with Gasteiger partial charge in [0, 0.05) is 25.0 Å². The minimum Gasteiger partial charge on any atom is -0.335 e. The Labute approximate surface area is 153 Å². The van der Waals surface area contributed by atoms with Crippen molar-refractivity contribution in [3.8, 4) is 0 Å². The first-order chi connectivity index (χ1) is 11.8. The summed E-state index contributed by atoms with van der Waals surface area (Å²) in [6, 6.07) is -0.164. The maximum absolute atomic E-state index is 12.8. The van der Waals surface area contributed by atoms with Gasteiger partial charge in [0.2, 0.25) is 5.91 Å². The topological polar surface area (TPSA) is 85.2 Å². The number of carbonyl (C=O) groups excluding carboxylic acids is 1. The van der Waals surface area contributed by atoms with Crippen molar-refractivity contribution in [3.05, 3.63) is 5.82 Å². The lowest BCUT2D eigenvalue weighted by molar-refractivity contribution is -0.132. The van der Waals surface area contributed by atoms with Crippen LogP contribution >= 0.6 is 11.8 Å². The van der Waals surface area contributed by atoms with Crippen molar-refractivity contribution < 1.29 is 13.2 Å². The highest BCUT2D eigenvalue weighted by Gasteiger charge is 2.36. The van der Waals surface area contributed by atoms with E-state index in [1.54, 1.807) is 4.90 Å². The maximum Gasteiger partial charge on any atom is 0.233 e. The second-order valence-electron chi connectivity index (χ2n) is 7.08. The van der Waals surface area contributed by atoms with Gasteiger partial charge in [0.25, 0.3) is 0 Å². The van der Waals surface area contributed by atoms with Gasteiger partial charge >= 0.3 is 0 Å². The van der Waals surface area contributed by atoms with Gasteiger partial charge in [-0.2, -0.15) is 0 Å². The number of thioether (sulfide) groups is 1. The quantitative estimate of drug-likeness (QED) is 0.662. The van der Waals surface area contributed by atoms with Gasteiger partial charge in [-0.1, -0.05) is 18.7 Å². The summed E-state index contributed by atoms with van der Waals surface area (Å²) in [5.41, 5.74) is 0. The van der Waals surface area contributed by atoms with Crippen molar-refractivity contribution in [2.45, 2.75) is 62.7 Å². The molecule has 7 nitrogen and oxygen atoms in total. The van der Waals surface area contributed by atoms with Gasteiger partial charge in [-0.3, -0.25) is 4.79 Å². The van der Waals surface area contributed by atoms with Crippen molar-refractivity contribution in [3.63, 3.8) is 0 Å². The fourth-order valence-electron chi connectivity index (χ4n) is 3.35. The second kappa shape index (κ2) is 7.26. The SMILES string of the molecule is CCC(C)N(C(=O)CSc1nnc(C2CC2)n1C)C1CCS(=O)(=O)C1. The molecule has 0 spiro atoms. The summed E-state index contributed by atoms with van der Waals surface area (Å²) in [7, 11) is -1.08. The smallest absolute Gasteiger partial charge is 0.233 e. The summed E-state index contributed by atoms with van der Waals surface area (Å²) >= 11 is 1.38. The zero-order valence-electron chi connectivity index (χ0n) is 15.0. The number of sulfone groups is 1. The maximum atomic E-state index is 12.8. The minimum atomic E-state index is -3.02. The van der Waals surface area contributed by atoms with Crippen molar-refractivity contribution in [2.24, 2.45) is 7.05 Å². The largest absolute Gasteiger partial charge is 0.335 e. The zero-order valence-corrected chi connectivity index (χ0v) is 16.6. The van der Waals surface area contributed by atoms with Crippen LogP contribution in [0.25, 0.3) is 0 Å². The highest BCUT2D eigenvalue weighted by molar-refractivity contribution is 7.99. The number of amides is 1. The lowest BCUT2D eigenvalue weighted by atomic mass is 10.1. The molecule has 1 aliphatic heterocycles. The third-order valence-corrected chi connectivity index (χ3v) is 7.85. The highest BCUT2D eigenvalue weighted by atomic mass is 32.2. The Morgan fingerprint density at radius 3 is 2.64 bits per heavy atom. The van der Waals surface area contributed by atoms with Crippen molar-refractivity contribution >= 4 is 27.5 Å². The number of aromatic nitrogens is 3. The summed E-state index contributed by atoms with van der Waals surface area (Å²) < 4.78 is 25.6. The van der Waals surface area contributed by atoms with E-state index in [0.717, 1.165) is 30.2 Å². The average Bonchev–Trinajstić information content (AvgIpc) is 3.25. The van der Waals surface area contributed by atoms with E-state index in [2.05, 4.69) is 10.2 Å². The van der Waals surface area contributed by atoms with E-state index in [1.165, 1.54) is 11.8 Å². The normalized spacial score (nSPS) is 23.6. The van der Waals surface area contributed by atoms with E-state index >= 15 is 0 Å². The third-order valence-electron chi connectivity index (χ3n) is 5.09. The van der Waals surface area contributed by atoms with E-state index < -0.39 is 9.84 Å². The number of hydrogen-bond donors (Lipinski definition) is 0. The Balaban J connectivity index is 1.66. The summed E-state index contributed by atoms with van der Waals surface area (Å²) in [5, 5.41) is 9.19. The molecular weight excluding hydrogens is 360 g/mol. The molecule has 140 valence electrons. The van der Waals surface area contributed by atoms with Gasteiger partial charge < -0.3 is 9.47 Å². The molecule has 0 bridgehead atoms. The van der Waals surface area contributed by atoms with Crippen LogP contribution in [0.2, 0.25) is 0 Å². The number of rotatable bonds is 7. The molecule has 2 unspecified atom stereocenters. The summed E-state index contributed by atoms with van der Waals surface area (Å²) in [6.07, 6.45) is 3.67. The number of nitrogens with zero attached hydrogens (tertiary/aromatic N) is 4. The van der Waals surface area contributed by atoms with Gasteiger partial charge in [0.05, 0.1) is 17.3 Å². The van der Waals surface area contributed by atoms with E-state index in [9.17, 15) is 13.2 Å². The molecule has 1 aromatic heterocycles. The first-order valence-electron chi connectivity index (χ1n) is 8.86. The molecule has 2 fully saturated rings. The zero-order chi connectivity index (χ0) is 18.2. The van der Waals surface area contributed by atoms with E-state index in [-0.39, 0.29) is 35.2 Å². The molecule has 3 rings (SSSR count). The second-order valence-corrected chi connectivity index (χ2v) is 10.2. The van der Waals surface area contributed by atoms with Crippen LogP contribution in [-0.4, -0.2) is 63.3 Å². The van der Waals surface area contributed by atoms with Crippen molar-refractivity contribution in [2.75, 3.05) is 17.3 Å². The van der Waals surface area contributed by atoms with E-state index in [4.69, 9.17) is 0 Å². The monoisotopic (exact) mass is 386 g/mol. The van der Waals surface area contributed by atoms with Crippen LogP contribution in [0.15, 0.2) is 5.16 Å². The van der Waals surface area contributed by atoms with E-state index in [1.807, 2.05) is 25.5 Å². The summed E-state index contributed by atoms with van der Waals surface area (Å²) in [4.78, 5) is 14.6. The van der Waals surface area contributed by atoms with Crippen LogP contribution in [0.1, 0.15) is 51.3 Å². The Hall–Kier alpha value is -1.09. The minimum absolute atomic E-state index is 0.0163. The van der Waals surface area contributed by atoms with Gasteiger partial charge in [-0.15, -0.1) is 10.2 Å². The molecule has 1 amide bonds. The molecule has 1 saturated heterocycles. The molecule has 1 aliphatic carbocycles. The molecule has 0 radical (unpaired) electrons. The Kier molecular flexibility index (Phi) is 5.43. The van der Waals surface area contributed by atoms with Gasteiger partial charge in [-0.25, -0.2) is 8.42 Å². The molecule has 25 heavy (non-hydrogen) atoms. The third kappa shape index (κ3) is 4.19. The standard InChI is InChI=1S/C16H26N4O3S2/c1-4-11(2)20(13-7-8-25(22,23)10-13)14(21)9-24-16-18-17-15(19(16)3)12-5-6-12/h11-13H,4-10H2,1-3H3. The molecule has 2 heterocycles. The fourth-order valence-corrected chi connectivity index (χ4v) is 5.85. The summed E-state index contributed by atoms with van der Waals surface area (Å²) in [6.45, 7) is 4.01. The van der Waals surface area contributed by atoms with Crippen LogP contribution in [0, 0.1) is 0 Å². The van der Waals surface area contributed by atoms with Gasteiger partial charge in [0.15, 0.2) is 15.0 Å². The molecule has 1 saturated carbocycles. The fraction of sp³-hybridized carbons (Fsp3) is 0.812. The molecule has 9 heteroatoms. The number of hydrogen-bond acceptors (Lipinski definition) is 6. The Bertz CT molecular complexity index is 743. The molecule has 2 atom stereocenters. The Morgan fingerprint density at radius 2 is 2.08 bits per heavy atom. The van der Waals surface area contributed by atoms with Crippen LogP contribution in [-0.2, 0) is 21.7 Å². The lowest BCUT2D eigenvalue weighted by Crippen LogP contribution is -2.47. The first-order valence-corrected chi connectivity index (χ1v) is 11.7. The predicted octanol–water partition coefficient (Wildman–Crippen LogP) is 1.60. The average molecular weight is 387 g/mol. The molecule has 0 aromatic carbocycles. The molecular formula is C16H26N4O3S2. The molecule has 1 aromatic rings. The predicted molar refractivity (Wildman–Crippen MR) is 97.4 cm³/mol. The van der Waals surface area contributed by atoms with Gasteiger partial charge in [-0.05, 0) is 32.6 Å². The number of carbonyl (C=O) groups is 1. The van der Waals surface area contributed by atoms with Crippen LogP contribution in [0.5, 0.6) is 0 Å². The van der Waals surface area contributed by atoms with Crippen LogP contribution < -0.4 is 0 Å². The summed E-state index contributed by atoms with van der Waals surface area (Å²) in [5.74, 6) is 2.02. The van der Waals surface area contributed by atoms with Gasteiger partial charge in [0.1, 0.15) is 5.82 Å². The molecule has 0 N–H and O–H groups in total. The van der Waals surface area contributed by atoms with Crippen molar-refractivity contribution in [1.82, 2.24) is 19.7 Å². The first kappa shape index (κ1) is 18.7. The van der Waals surface area contributed by atoms with Crippen LogP contribution in [0.3, 0.4) is 0 Å². The lowest BCUT2D eigenvalue weighted by Gasteiger charge is -2.33.